The Kier molecular flexibility index (Phi) is 4.95. The molecule has 6 nitrogen and oxygen atoms in total. The number of benzene rings is 2. The number of carboxylic acid groups (broad SMARTS) is 1. The molecule has 2 N–H and O–H groups in total. The van der Waals surface area contributed by atoms with E-state index in [2.05, 4.69) is 34.5 Å². The number of nitrogens with one attached hydrogen (secondary N) is 1. The zero-order chi connectivity index (χ0) is 20.7. The first-order valence-electron chi connectivity index (χ1n) is 10.7. The van der Waals surface area contributed by atoms with E-state index < -0.39 is 12.1 Å². The molecule has 5 rings (SSSR count). The van der Waals surface area contributed by atoms with Crippen LogP contribution in [0.1, 0.15) is 16.7 Å². The summed E-state index contributed by atoms with van der Waals surface area (Å²) in [6.07, 6.45) is -0.596. The average Bonchev–Trinajstić information content (AvgIpc) is 3.22. The molecule has 0 bridgehead atoms. The highest BCUT2D eigenvalue weighted by molar-refractivity contribution is 5.86. The van der Waals surface area contributed by atoms with Crippen molar-refractivity contribution in [2.45, 2.75) is 25.6 Å². The van der Waals surface area contributed by atoms with Crippen LogP contribution < -0.4 is 5.32 Å². The van der Waals surface area contributed by atoms with Crippen LogP contribution in [0.3, 0.4) is 0 Å². The van der Waals surface area contributed by atoms with Gasteiger partial charge in [0.15, 0.2) is 0 Å². The number of hydrogen-bond donors (Lipinski definition) is 2. The molecule has 30 heavy (non-hydrogen) atoms. The highest BCUT2D eigenvalue weighted by Gasteiger charge is 2.55. The van der Waals surface area contributed by atoms with Gasteiger partial charge in [0.1, 0.15) is 6.04 Å². The summed E-state index contributed by atoms with van der Waals surface area (Å²) in [5, 5.41) is 12.7. The number of hydrogen-bond acceptors (Lipinski definition) is 3. The number of nitrogens with zero attached hydrogens (tertiary/aromatic N) is 2. The van der Waals surface area contributed by atoms with Crippen molar-refractivity contribution in [3.05, 3.63) is 71.3 Å². The summed E-state index contributed by atoms with van der Waals surface area (Å²) in [5.74, 6) is 1.65. The van der Waals surface area contributed by atoms with Crippen LogP contribution in [-0.4, -0.2) is 52.6 Å². The third kappa shape index (κ3) is 3.67. The van der Waals surface area contributed by atoms with Crippen LogP contribution in [0.5, 0.6) is 0 Å². The summed E-state index contributed by atoms with van der Waals surface area (Å²) >= 11 is 0. The Hall–Kier alpha value is -2.86. The van der Waals surface area contributed by atoms with E-state index in [1.807, 2.05) is 30.3 Å². The first-order valence-corrected chi connectivity index (χ1v) is 10.7. The predicted octanol–water partition coefficient (Wildman–Crippen LogP) is 2.59. The Labute approximate surface area is 176 Å². The first-order chi connectivity index (χ1) is 14.6. The van der Waals surface area contributed by atoms with Crippen molar-refractivity contribution >= 4 is 12.0 Å². The summed E-state index contributed by atoms with van der Waals surface area (Å²) in [5.41, 5.74) is 3.39. The van der Waals surface area contributed by atoms with Crippen molar-refractivity contribution in [2.75, 3.05) is 19.6 Å². The van der Waals surface area contributed by atoms with Gasteiger partial charge in [0.2, 0.25) is 5.91 Å². The van der Waals surface area contributed by atoms with Crippen molar-refractivity contribution in [2.24, 2.45) is 17.8 Å². The van der Waals surface area contributed by atoms with Gasteiger partial charge in [-0.1, -0.05) is 54.6 Å². The Morgan fingerprint density at radius 2 is 1.63 bits per heavy atom. The van der Waals surface area contributed by atoms with E-state index in [-0.39, 0.29) is 12.5 Å². The maximum absolute atomic E-state index is 12.9. The third-order valence-corrected chi connectivity index (χ3v) is 7.00. The molecule has 1 aliphatic carbocycles. The van der Waals surface area contributed by atoms with Crippen LogP contribution in [0, 0.1) is 17.8 Å². The number of carbonyl (C=O) groups is 2. The lowest BCUT2D eigenvalue weighted by atomic mass is 9.94. The molecule has 2 aromatic carbocycles. The lowest BCUT2D eigenvalue weighted by molar-refractivity contribution is -0.126. The van der Waals surface area contributed by atoms with Crippen LogP contribution in [0.2, 0.25) is 0 Å². The molecule has 6 heteroatoms. The molecule has 2 aromatic rings. The highest BCUT2D eigenvalue weighted by atomic mass is 16.4. The van der Waals surface area contributed by atoms with Crippen molar-refractivity contribution in [1.29, 1.82) is 0 Å². The molecule has 2 amide bonds. The lowest BCUT2D eigenvalue weighted by Crippen LogP contribution is -2.52. The monoisotopic (exact) mass is 405 g/mol. The number of likely N-dealkylation sites (tertiary alicyclic amines) is 1. The number of amides is 2. The summed E-state index contributed by atoms with van der Waals surface area (Å²) < 4.78 is 0. The molecule has 3 aliphatic rings. The predicted molar refractivity (Wildman–Crippen MR) is 113 cm³/mol. The smallest absolute Gasteiger partial charge is 0.408 e. The van der Waals surface area contributed by atoms with E-state index in [1.165, 1.54) is 10.5 Å². The van der Waals surface area contributed by atoms with Gasteiger partial charge in [-0.25, -0.2) is 4.79 Å². The molecular weight excluding hydrogens is 378 g/mol. The van der Waals surface area contributed by atoms with Gasteiger partial charge in [-0.2, -0.15) is 0 Å². The molecule has 2 aliphatic heterocycles. The van der Waals surface area contributed by atoms with Crippen molar-refractivity contribution in [3.8, 4) is 0 Å². The fourth-order valence-corrected chi connectivity index (χ4v) is 5.30. The quantitative estimate of drug-likeness (QED) is 0.802. The zero-order valence-electron chi connectivity index (χ0n) is 16.9. The Morgan fingerprint density at radius 1 is 0.967 bits per heavy atom. The Bertz CT molecular complexity index is 936. The molecular formula is C24H27N3O3. The van der Waals surface area contributed by atoms with E-state index in [0.717, 1.165) is 30.8 Å². The molecule has 0 aromatic heterocycles. The number of fused-ring (bicyclic) bond motifs is 2. The van der Waals surface area contributed by atoms with Crippen molar-refractivity contribution < 1.29 is 14.7 Å². The van der Waals surface area contributed by atoms with E-state index in [1.54, 1.807) is 0 Å². The van der Waals surface area contributed by atoms with Crippen molar-refractivity contribution in [1.82, 2.24) is 15.1 Å². The summed E-state index contributed by atoms with van der Waals surface area (Å²) in [7, 11) is 0. The third-order valence-electron chi connectivity index (χ3n) is 7.00. The van der Waals surface area contributed by atoms with Crippen molar-refractivity contribution in [3.63, 3.8) is 0 Å². The molecule has 0 radical (unpaired) electrons. The van der Waals surface area contributed by atoms with E-state index in [0.29, 0.717) is 30.7 Å². The second-order valence-corrected chi connectivity index (χ2v) is 8.82. The maximum atomic E-state index is 12.9. The van der Waals surface area contributed by atoms with Crippen LogP contribution in [-0.2, 0) is 24.3 Å². The molecule has 3 atom stereocenters. The van der Waals surface area contributed by atoms with Gasteiger partial charge in [0, 0.05) is 32.6 Å². The standard InChI is InChI=1S/C24H27N3O3/c28-23(22-10-17-8-4-5-9-18(17)13-27(22)24(29)30)25-11-19-20-14-26(15-21(19)20)12-16-6-2-1-3-7-16/h1-9,19-22H,10-15H2,(H,25,28)(H,29,30). The van der Waals surface area contributed by atoms with Gasteiger partial charge in [-0.05, 0) is 34.4 Å². The van der Waals surface area contributed by atoms with E-state index in [4.69, 9.17) is 0 Å². The fraction of sp³-hybridized carbons (Fsp3) is 0.417. The molecule has 3 unspecified atom stereocenters. The summed E-state index contributed by atoms with van der Waals surface area (Å²) in [4.78, 5) is 28.3. The molecule has 1 saturated carbocycles. The van der Waals surface area contributed by atoms with Gasteiger partial charge < -0.3 is 10.4 Å². The Balaban J connectivity index is 1.14. The van der Waals surface area contributed by atoms with E-state index in [9.17, 15) is 14.7 Å². The largest absolute Gasteiger partial charge is 0.465 e. The first kappa shape index (κ1) is 19.1. The highest BCUT2D eigenvalue weighted by Crippen LogP contribution is 2.51. The molecule has 1 saturated heterocycles. The fourth-order valence-electron chi connectivity index (χ4n) is 5.30. The van der Waals surface area contributed by atoms with Gasteiger partial charge in [0.25, 0.3) is 0 Å². The summed E-state index contributed by atoms with van der Waals surface area (Å²) in [6, 6.07) is 17.7. The zero-order valence-corrected chi connectivity index (χ0v) is 16.9. The van der Waals surface area contributed by atoms with Crippen LogP contribution >= 0.6 is 0 Å². The number of piperidine rings is 1. The van der Waals surface area contributed by atoms with Gasteiger partial charge in [-0.15, -0.1) is 0 Å². The maximum Gasteiger partial charge on any atom is 0.408 e. The minimum Gasteiger partial charge on any atom is -0.465 e. The van der Waals surface area contributed by atoms with Crippen LogP contribution in [0.15, 0.2) is 54.6 Å². The van der Waals surface area contributed by atoms with Gasteiger partial charge >= 0.3 is 6.09 Å². The topological polar surface area (TPSA) is 72.9 Å². The number of carbonyl (C=O) groups excluding carboxylic acids is 1. The van der Waals surface area contributed by atoms with Gasteiger partial charge in [0.05, 0.1) is 6.54 Å². The molecule has 2 heterocycles. The molecule has 2 fully saturated rings. The van der Waals surface area contributed by atoms with Crippen LogP contribution in [0.25, 0.3) is 0 Å². The minimum atomic E-state index is -1.04. The molecule has 0 spiro atoms. The lowest BCUT2D eigenvalue weighted by Gasteiger charge is -2.34. The average molecular weight is 405 g/mol. The van der Waals surface area contributed by atoms with E-state index >= 15 is 0 Å². The second-order valence-electron chi connectivity index (χ2n) is 8.82. The summed E-state index contributed by atoms with van der Waals surface area (Å²) in [6.45, 7) is 4.07. The Morgan fingerprint density at radius 3 is 2.33 bits per heavy atom. The minimum absolute atomic E-state index is 0.169. The normalized spacial score (nSPS) is 27.3. The van der Waals surface area contributed by atoms with Crippen LogP contribution in [0.4, 0.5) is 4.79 Å². The van der Waals surface area contributed by atoms with Gasteiger partial charge in [-0.3, -0.25) is 14.6 Å². The second kappa shape index (κ2) is 7.76. The number of rotatable bonds is 5. The SMILES string of the molecule is O=C(NCC1C2CN(Cc3ccccc3)CC12)C1Cc2ccccc2CN1C(=O)O. The molecule has 156 valence electrons.